The van der Waals surface area contributed by atoms with E-state index in [2.05, 4.69) is 57.5 Å². The van der Waals surface area contributed by atoms with Crippen LogP contribution in [0.25, 0.3) is 21.7 Å². The summed E-state index contributed by atoms with van der Waals surface area (Å²) in [5.74, 6) is 0.338. The van der Waals surface area contributed by atoms with E-state index in [4.69, 9.17) is 24.5 Å². The number of benzene rings is 2. The SMILES string of the molecule is Cc1ncsc1-c1ccc([C@H](C)NC(=O)[C@@H]2C[C@H](O)CN2C(=O)[C@H](c2cc(OCCN3CCC(OC4CC(Oc5cc(N6C7CC[C@@H]6CN(c6cc(-c8ccccc8O)nnc6N)C7)ccn5)C4)CC3)no2)C(C)C)cc1. The highest BCUT2D eigenvalue weighted by atomic mass is 32.1. The maximum Gasteiger partial charge on any atom is 0.254 e. The minimum Gasteiger partial charge on any atom is -0.507 e. The van der Waals surface area contributed by atoms with Crippen molar-refractivity contribution in [2.24, 2.45) is 5.92 Å². The zero-order valence-corrected chi connectivity index (χ0v) is 44.9. The van der Waals surface area contributed by atoms with Gasteiger partial charge in [0.15, 0.2) is 11.6 Å². The van der Waals surface area contributed by atoms with Crippen molar-refractivity contribution in [3.63, 3.8) is 0 Å². The molecule has 5 fully saturated rings. The number of piperazine rings is 1. The van der Waals surface area contributed by atoms with E-state index in [9.17, 15) is 19.8 Å². The Hall–Kier alpha value is -6.87. The van der Waals surface area contributed by atoms with E-state index < -0.39 is 18.1 Å². The van der Waals surface area contributed by atoms with E-state index in [0.717, 1.165) is 97.8 Å². The molecule has 4 aliphatic heterocycles. The monoisotopic (exact) mass is 1070 g/mol. The molecule has 406 valence electrons. The number of hydrogen-bond acceptors (Lipinski definition) is 18. The fourth-order valence-electron chi connectivity index (χ4n) is 11.9. The van der Waals surface area contributed by atoms with Gasteiger partial charge in [-0.25, -0.2) is 9.97 Å². The molecule has 2 amide bonds. The van der Waals surface area contributed by atoms with Crippen LogP contribution in [0.1, 0.15) is 94.7 Å². The Morgan fingerprint density at radius 3 is 2.38 bits per heavy atom. The minimum atomic E-state index is -0.830. The molecule has 2 aromatic carbocycles. The first kappa shape index (κ1) is 52.2. The number of carbonyl (C=O) groups excluding carboxylic acids is 2. The number of likely N-dealkylation sites (tertiary alicyclic amines) is 2. The number of amides is 2. The number of aliphatic hydroxyl groups is 1. The molecule has 1 aliphatic carbocycles. The van der Waals surface area contributed by atoms with E-state index in [-0.39, 0.29) is 72.9 Å². The summed E-state index contributed by atoms with van der Waals surface area (Å²) in [7, 11) is 0. The number of aromatic hydroxyl groups is 1. The number of nitrogens with zero attached hydrogens (tertiary/aromatic N) is 9. The third kappa shape index (κ3) is 11.4. The number of pyridine rings is 1. The van der Waals surface area contributed by atoms with Crippen LogP contribution in [0, 0.1) is 12.8 Å². The number of hydrogen-bond donors (Lipinski definition) is 4. The number of para-hydroxylation sites is 1. The van der Waals surface area contributed by atoms with Gasteiger partial charge in [-0.3, -0.25) is 14.5 Å². The second kappa shape index (κ2) is 22.6. The van der Waals surface area contributed by atoms with Crippen LogP contribution in [-0.2, 0) is 14.3 Å². The van der Waals surface area contributed by atoms with Crippen molar-refractivity contribution < 1.29 is 38.5 Å². The molecule has 1 saturated carbocycles. The number of ether oxygens (including phenoxy) is 3. The van der Waals surface area contributed by atoms with Crippen LogP contribution in [0.2, 0.25) is 0 Å². The molecule has 11 rings (SSSR count). The van der Waals surface area contributed by atoms with Gasteiger partial charge in [-0.2, -0.15) is 0 Å². The van der Waals surface area contributed by atoms with Crippen LogP contribution < -0.4 is 30.3 Å². The van der Waals surface area contributed by atoms with Gasteiger partial charge in [-0.15, -0.1) is 21.5 Å². The molecule has 2 bridgehead atoms. The summed E-state index contributed by atoms with van der Waals surface area (Å²) >= 11 is 1.59. The van der Waals surface area contributed by atoms with Crippen LogP contribution in [-0.4, -0.2) is 146 Å². The first-order valence-corrected chi connectivity index (χ1v) is 28.0. The molecule has 5 N–H and O–H groups in total. The highest BCUT2D eigenvalue weighted by Crippen LogP contribution is 2.41. The van der Waals surface area contributed by atoms with Gasteiger partial charge in [0, 0.05) is 100 Å². The van der Waals surface area contributed by atoms with Crippen molar-refractivity contribution in [2.75, 3.05) is 61.4 Å². The molecule has 5 aliphatic rings. The molecule has 6 atom stereocenters. The molecule has 4 saturated heterocycles. The summed E-state index contributed by atoms with van der Waals surface area (Å²) < 4.78 is 24.8. The lowest BCUT2D eigenvalue weighted by Gasteiger charge is -2.43. The van der Waals surface area contributed by atoms with Gasteiger partial charge in [0.25, 0.3) is 5.88 Å². The maximum atomic E-state index is 14.2. The van der Waals surface area contributed by atoms with Crippen molar-refractivity contribution in [3.8, 4) is 39.2 Å². The summed E-state index contributed by atoms with van der Waals surface area (Å²) in [5.41, 5.74) is 14.4. The Bertz CT molecular complexity index is 3000. The van der Waals surface area contributed by atoms with E-state index in [1.807, 2.05) is 81.9 Å². The number of thiazole rings is 1. The number of β-amino-alcohol motifs (C(OH)–C–C–N with tert-alkyl or cyclic N) is 1. The third-order valence-electron chi connectivity index (χ3n) is 16.1. The summed E-state index contributed by atoms with van der Waals surface area (Å²) in [4.78, 5) is 46.7. The molecule has 20 heteroatoms. The number of nitrogen functional groups attached to an aromatic ring is 1. The Labute approximate surface area is 452 Å². The number of rotatable bonds is 18. The quantitative estimate of drug-likeness (QED) is 0.0669. The van der Waals surface area contributed by atoms with Crippen molar-refractivity contribution in [1.82, 2.24) is 40.4 Å². The predicted molar refractivity (Wildman–Crippen MR) is 292 cm³/mol. The lowest BCUT2D eigenvalue weighted by molar-refractivity contribution is -0.141. The highest BCUT2D eigenvalue weighted by molar-refractivity contribution is 7.13. The molecule has 8 heterocycles. The molecule has 77 heavy (non-hydrogen) atoms. The van der Waals surface area contributed by atoms with E-state index >= 15 is 0 Å². The number of phenols is 1. The molecule has 6 aromatic rings. The van der Waals surface area contributed by atoms with Crippen molar-refractivity contribution in [1.29, 1.82) is 0 Å². The fourth-order valence-corrected chi connectivity index (χ4v) is 12.7. The number of aliphatic hydroxyl groups excluding tert-OH is 1. The molecule has 0 radical (unpaired) electrons. The fraction of sp³-hybridized carbons (Fsp3) is 0.491. The average Bonchev–Trinajstić information content (AvgIpc) is 4.22. The topological polar surface area (TPSA) is 231 Å². The first-order chi connectivity index (χ1) is 37.3. The second-order valence-corrected chi connectivity index (χ2v) is 22.6. The van der Waals surface area contributed by atoms with Gasteiger partial charge in [-0.1, -0.05) is 50.2 Å². The third-order valence-corrected chi connectivity index (χ3v) is 17.1. The molecule has 0 spiro atoms. The van der Waals surface area contributed by atoms with Gasteiger partial charge >= 0.3 is 0 Å². The zero-order valence-electron chi connectivity index (χ0n) is 44.1. The lowest BCUT2D eigenvalue weighted by Crippen LogP contribution is -2.54. The highest BCUT2D eigenvalue weighted by Gasteiger charge is 2.45. The normalized spacial score (nSPS) is 23.5. The molecular formula is C57H69N11O8S. The van der Waals surface area contributed by atoms with Crippen LogP contribution in [0.5, 0.6) is 17.5 Å². The number of nitrogens with one attached hydrogen (secondary N) is 1. The Morgan fingerprint density at radius 1 is 0.883 bits per heavy atom. The van der Waals surface area contributed by atoms with Crippen molar-refractivity contribution >= 4 is 40.3 Å². The molecule has 4 aromatic heterocycles. The Kier molecular flexibility index (Phi) is 15.3. The largest absolute Gasteiger partial charge is 0.507 e. The second-order valence-electron chi connectivity index (χ2n) is 21.7. The maximum absolute atomic E-state index is 14.2. The van der Waals surface area contributed by atoms with E-state index in [1.165, 1.54) is 4.90 Å². The van der Waals surface area contributed by atoms with Crippen LogP contribution >= 0.6 is 11.3 Å². The summed E-state index contributed by atoms with van der Waals surface area (Å²) in [5, 5.41) is 37.0. The summed E-state index contributed by atoms with van der Waals surface area (Å²) in [6, 6.07) is 22.4. The smallest absolute Gasteiger partial charge is 0.254 e. The standard InChI is InChI=1S/C57H69N11O8S/c1-33(2)53(57(72)67-31-41(69)24-48(67)56(71)61-34(3)36-9-11-37(12-10-36)54-35(4)60-32-77-54)50-28-52(64-76-50)73-22-21-65-19-16-42(17-20-65)74-43-25-44(26-43)75-51-23-38(15-18-59-51)68-39-13-14-40(68)30-66(29-39)47-27-46(62-63-55(47)58)45-7-5-6-8-49(45)70/h5-12,15,18,23,27-28,32-34,39-44,48,53,69-70H,13-14,16-17,19-22,24-26,29-31H2,1-4H3,(H2,58,63)(H,61,71)/t34-,39+,40?,41-,43?,44?,48-,53-/m0/s1. The van der Waals surface area contributed by atoms with E-state index in [1.54, 1.807) is 29.5 Å². The minimum absolute atomic E-state index is 0.0528. The van der Waals surface area contributed by atoms with Gasteiger partial charge in [-0.05, 0) is 86.0 Å². The number of anilines is 3. The van der Waals surface area contributed by atoms with Crippen molar-refractivity contribution in [3.05, 3.63) is 102 Å². The van der Waals surface area contributed by atoms with Gasteiger partial charge < -0.3 is 54.7 Å². The Morgan fingerprint density at radius 2 is 1.65 bits per heavy atom. The number of aryl methyl sites for hydroxylation is 1. The number of phenolic OH excluding ortho intramolecular Hbond substituents is 1. The van der Waals surface area contributed by atoms with Gasteiger partial charge in [0.05, 0.1) is 51.8 Å². The zero-order chi connectivity index (χ0) is 53.3. The lowest BCUT2D eigenvalue weighted by atomic mass is 9.91. The van der Waals surface area contributed by atoms with Gasteiger partial charge in [0.2, 0.25) is 17.7 Å². The van der Waals surface area contributed by atoms with Crippen LogP contribution in [0.4, 0.5) is 17.2 Å². The number of nitrogens with two attached hydrogens (primary N) is 1. The number of piperidine rings is 1. The van der Waals surface area contributed by atoms with Crippen LogP contribution in [0.15, 0.2) is 89.0 Å². The number of carbonyl (C=O) groups is 2. The predicted octanol–water partition coefficient (Wildman–Crippen LogP) is 7.15. The number of fused-ring (bicyclic) bond motifs is 2. The molecule has 19 nitrogen and oxygen atoms in total. The average molecular weight is 1070 g/mol. The molecule has 1 unspecified atom stereocenters. The van der Waals surface area contributed by atoms with Gasteiger partial charge in [0.1, 0.15) is 30.4 Å². The summed E-state index contributed by atoms with van der Waals surface area (Å²) in [6.07, 6.45) is 7.23. The number of aromatic nitrogens is 5. The Balaban J connectivity index is 0.601. The van der Waals surface area contributed by atoms with Crippen molar-refractivity contribution in [2.45, 2.75) is 127 Å². The molecular weight excluding hydrogens is 999 g/mol. The van der Waals surface area contributed by atoms with E-state index in [0.29, 0.717) is 47.7 Å². The first-order valence-electron chi connectivity index (χ1n) is 27.2. The summed E-state index contributed by atoms with van der Waals surface area (Å²) in [6.45, 7) is 12.3. The van der Waals surface area contributed by atoms with Crippen LogP contribution in [0.3, 0.4) is 0 Å².